The second kappa shape index (κ2) is 2.18. The Hall–Kier alpha value is -1.23. The second-order valence-electron chi connectivity index (χ2n) is 1.60. The fraction of sp³-hybridized carbons (Fsp3) is 0. The van der Waals surface area contributed by atoms with Gasteiger partial charge in [-0.25, -0.2) is 4.79 Å². The SMILES string of the molecule is Nc1n[nH]c(Cl)c1C(=O)O. The Morgan fingerprint density at radius 3 is 2.60 bits per heavy atom. The number of H-pyrrole nitrogens is 1. The molecule has 1 aromatic rings. The Labute approximate surface area is 60.8 Å². The van der Waals surface area contributed by atoms with Crippen molar-refractivity contribution in [2.75, 3.05) is 5.73 Å². The summed E-state index contributed by atoms with van der Waals surface area (Å²) in [6, 6.07) is 0. The van der Waals surface area contributed by atoms with Crippen LogP contribution in [0.15, 0.2) is 0 Å². The monoisotopic (exact) mass is 161 g/mol. The van der Waals surface area contributed by atoms with Crippen LogP contribution in [0.3, 0.4) is 0 Å². The predicted molar refractivity (Wildman–Crippen MR) is 35.0 cm³/mol. The molecule has 0 atom stereocenters. The molecule has 0 aliphatic rings. The van der Waals surface area contributed by atoms with E-state index in [9.17, 15) is 4.79 Å². The molecule has 0 saturated heterocycles. The number of carboxylic acids is 1. The molecule has 1 aromatic heterocycles. The van der Waals surface area contributed by atoms with E-state index in [2.05, 4.69) is 10.2 Å². The lowest BCUT2D eigenvalue weighted by atomic mass is 10.3. The number of hydrogen-bond acceptors (Lipinski definition) is 3. The molecule has 0 amide bonds. The lowest BCUT2D eigenvalue weighted by Crippen LogP contribution is -1.99. The van der Waals surface area contributed by atoms with Crippen LogP contribution in [0, 0.1) is 0 Å². The maximum absolute atomic E-state index is 10.3. The van der Waals surface area contributed by atoms with Gasteiger partial charge in [-0.05, 0) is 0 Å². The number of anilines is 1. The first-order chi connectivity index (χ1) is 4.63. The molecular weight excluding hydrogens is 158 g/mol. The molecule has 0 aliphatic heterocycles. The zero-order chi connectivity index (χ0) is 7.72. The summed E-state index contributed by atoms with van der Waals surface area (Å²) in [5.74, 6) is -1.28. The van der Waals surface area contributed by atoms with E-state index in [1.54, 1.807) is 0 Å². The number of nitrogen functional groups attached to an aromatic ring is 1. The number of aromatic amines is 1. The maximum atomic E-state index is 10.3. The first kappa shape index (κ1) is 6.88. The van der Waals surface area contributed by atoms with Crippen molar-refractivity contribution in [1.29, 1.82) is 0 Å². The van der Waals surface area contributed by atoms with Gasteiger partial charge in [-0.2, -0.15) is 5.10 Å². The molecule has 1 rings (SSSR count). The van der Waals surface area contributed by atoms with Gasteiger partial charge in [0, 0.05) is 0 Å². The van der Waals surface area contributed by atoms with Gasteiger partial charge in [0.2, 0.25) is 0 Å². The Kier molecular flexibility index (Phi) is 1.50. The highest BCUT2D eigenvalue weighted by Gasteiger charge is 2.15. The molecule has 1 heterocycles. The number of carboxylic acid groups (broad SMARTS) is 1. The van der Waals surface area contributed by atoms with Crippen molar-refractivity contribution < 1.29 is 9.90 Å². The topological polar surface area (TPSA) is 92.0 Å². The average molecular weight is 162 g/mol. The van der Waals surface area contributed by atoms with Crippen molar-refractivity contribution in [1.82, 2.24) is 10.2 Å². The summed E-state index contributed by atoms with van der Waals surface area (Å²) in [6.45, 7) is 0. The standard InChI is InChI=1S/C4H4ClN3O2/c5-2-1(4(9)10)3(6)8-7-2/h(H,9,10)(H3,6,7,8). The van der Waals surface area contributed by atoms with E-state index in [1.807, 2.05) is 0 Å². The van der Waals surface area contributed by atoms with Crippen molar-refractivity contribution in [3.63, 3.8) is 0 Å². The van der Waals surface area contributed by atoms with Crippen molar-refractivity contribution in [2.24, 2.45) is 0 Å². The summed E-state index contributed by atoms with van der Waals surface area (Å²) in [5, 5.41) is 14.0. The van der Waals surface area contributed by atoms with Crippen LogP contribution in [-0.4, -0.2) is 21.3 Å². The fourth-order valence-electron chi connectivity index (χ4n) is 0.537. The highest BCUT2D eigenvalue weighted by atomic mass is 35.5. The summed E-state index contributed by atoms with van der Waals surface area (Å²) in [4.78, 5) is 10.3. The third-order valence-corrected chi connectivity index (χ3v) is 1.24. The molecule has 5 nitrogen and oxygen atoms in total. The van der Waals surface area contributed by atoms with Gasteiger partial charge < -0.3 is 10.8 Å². The molecule has 0 aromatic carbocycles. The molecule has 0 bridgehead atoms. The highest BCUT2D eigenvalue weighted by Crippen LogP contribution is 2.17. The van der Waals surface area contributed by atoms with Crippen LogP contribution in [0.5, 0.6) is 0 Å². The Morgan fingerprint density at radius 2 is 2.40 bits per heavy atom. The third-order valence-electron chi connectivity index (χ3n) is 0.964. The van der Waals surface area contributed by atoms with Crippen LogP contribution in [0.1, 0.15) is 10.4 Å². The van der Waals surface area contributed by atoms with Crippen molar-refractivity contribution >= 4 is 23.4 Å². The Morgan fingerprint density at radius 1 is 1.80 bits per heavy atom. The summed E-state index contributed by atoms with van der Waals surface area (Å²) in [7, 11) is 0. The van der Waals surface area contributed by atoms with Gasteiger partial charge in [-0.15, -0.1) is 0 Å². The molecule has 10 heavy (non-hydrogen) atoms. The van der Waals surface area contributed by atoms with E-state index in [4.69, 9.17) is 22.4 Å². The maximum Gasteiger partial charge on any atom is 0.342 e. The number of nitrogens with zero attached hydrogens (tertiary/aromatic N) is 1. The summed E-state index contributed by atoms with van der Waals surface area (Å²) in [6.07, 6.45) is 0. The van der Waals surface area contributed by atoms with Crippen LogP contribution in [-0.2, 0) is 0 Å². The highest BCUT2D eigenvalue weighted by molar-refractivity contribution is 6.33. The summed E-state index contributed by atoms with van der Waals surface area (Å²) < 4.78 is 0. The molecular formula is C4H4ClN3O2. The van der Waals surface area contributed by atoms with Crippen LogP contribution < -0.4 is 5.73 Å². The smallest absolute Gasteiger partial charge is 0.342 e. The molecule has 4 N–H and O–H groups in total. The van der Waals surface area contributed by atoms with E-state index in [0.29, 0.717) is 0 Å². The van der Waals surface area contributed by atoms with Gasteiger partial charge in [0.05, 0.1) is 0 Å². The van der Waals surface area contributed by atoms with E-state index in [1.165, 1.54) is 0 Å². The second-order valence-corrected chi connectivity index (χ2v) is 1.98. The number of nitrogens with one attached hydrogen (secondary N) is 1. The molecule has 0 fully saturated rings. The van der Waals surface area contributed by atoms with Crippen LogP contribution in [0.4, 0.5) is 5.82 Å². The number of hydrogen-bond donors (Lipinski definition) is 3. The molecule has 6 heteroatoms. The van der Waals surface area contributed by atoms with Crippen LogP contribution in [0.25, 0.3) is 0 Å². The lowest BCUT2D eigenvalue weighted by Gasteiger charge is -1.87. The molecule has 0 spiro atoms. The van der Waals surface area contributed by atoms with Crippen molar-refractivity contribution in [3.05, 3.63) is 10.7 Å². The van der Waals surface area contributed by atoms with Crippen LogP contribution in [0.2, 0.25) is 5.15 Å². The Balaban J connectivity index is 3.23. The van der Waals surface area contributed by atoms with Gasteiger partial charge in [-0.1, -0.05) is 11.6 Å². The minimum atomic E-state index is -1.18. The number of carbonyl (C=O) groups is 1. The van der Waals surface area contributed by atoms with Crippen LogP contribution >= 0.6 is 11.6 Å². The molecule has 0 saturated carbocycles. The number of rotatable bonds is 1. The first-order valence-corrected chi connectivity index (χ1v) is 2.73. The number of aromatic nitrogens is 2. The van der Waals surface area contributed by atoms with Gasteiger partial charge in [0.25, 0.3) is 0 Å². The molecule has 54 valence electrons. The zero-order valence-electron chi connectivity index (χ0n) is 4.76. The van der Waals surface area contributed by atoms with Gasteiger partial charge >= 0.3 is 5.97 Å². The third kappa shape index (κ3) is 0.906. The minimum Gasteiger partial charge on any atom is -0.477 e. The largest absolute Gasteiger partial charge is 0.477 e. The quantitative estimate of drug-likeness (QED) is 0.554. The van der Waals surface area contributed by atoms with Gasteiger partial charge in [0.1, 0.15) is 10.7 Å². The minimum absolute atomic E-state index is 0.0509. The molecule has 0 radical (unpaired) electrons. The normalized spacial score (nSPS) is 9.70. The van der Waals surface area contributed by atoms with Gasteiger partial charge in [-0.3, -0.25) is 5.10 Å². The van der Waals surface area contributed by atoms with Crippen molar-refractivity contribution in [2.45, 2.75) is 0 Å². The molecule has 0 aliphatic carbocycles. The number of halogens is 1. The van der Waals surface area contributed by atoms with E-state index >= 15 is 0 Å². The summed E-state index contributed by atoms with van der Waals surface area (Å²) >= 11 is 5.36. The van der Waals surface area contributed by atoms with E-state index < -0.39 is 5.97 Å². The number of nitrogens with two attached hydrogens (primary N) is 1. The fourth-order valence-corrected chi connectivity index (χ4v) is 0.757. The lowest BCUT2D eigenvalue weighted by molar-refractivity contribution is 0.0698. The van der Waals surface area contributed by atoms with E-state index in [0.717, 1.165) is 0 Å². The summed E-state index contributed by atoms with van der Waals surface area (Å²) in [5.41, 5.74) is 4.96. The molecule has 0 unspecified atom stereocenters. The van der Waals surface area contributed by atoms with Gasteiger partial charge in [0.15, 0.2) is 5.82 Å². The zero-order valence-corrected chi connectivity index (χ0v) is 5.51. The van der Waals surface area contributed by atoms with E-state index in [-0.39, 0.29) is 16.5 Å². The number of aromatic carboxylic acids is 1. The predicted octanol–water partition coefficient (Wildman–Crippen LogP) is 0.343. The average Bonchev–Trinajstić information content (AvgIpc) is 2.11. The van der Waals surface area contributed by atoms with Crippen molar-refractivity contribution in [3.8, 4) is 0 Å². The first-order valence-electron chi connectivity index (χ1n) is 2.35. The Bertz CT molecular complexity index is 250.